The third-order valence-electron chi connectivity index (χ3n) is 5.59. The molecule has 0 radical (unpaired) electrons. The molecular formula is C25H27N5OS. The number of carbonyl (C=O) groups is 1. The molecule has 2 aromatic carbocycles. The minimum atomic E-state index is -0.223. The van der Waals surface area contributed by atoms with Gasteiger partial charge in [-0.1, -0.05) is 49.4 Å². The van der Waals surface area contributed by atoms with Crippen molar-refractivity contribution in [1.82, 2.24) is 15.1 Å². The summed E-state index contributed by atoms with van der Waals surface area (Å²) in [5.74, 6) is 0. The van der Waals surface area contributed by atoms with Crippen LogP contribution < -0.4 is 10.6 Å². The molecule has 0 bridgehead atoms. The second kappa shape index (κ2) is 10.4. The van der Waals surface area contributed by atoms with E-state index >= 15 is 0 Å². The number of urea groups is 1. The molecule has 1 aromatic heterocycles. The van der Waals surface area contributed by atoms with E-state index in [1.54, 1.807) is 11.8 Å². The lowest BCUT2D eigenvalue weighted by Crippen LogP contribution is -2.34. The Bertz CT molecular complexity index is 1110. The van der Waals surface area contributed by atoms with E-state index in [-0.39, 0.29) is 17.3 Å². The molecule has 32 heavy (non-hydrogen) atoms. The topological polar surface area (TPSA) is 82.7 Å². The van der Waals surface area contributed by atoms with Gasteiger partial charge in [0.25, 0.3) is 0 Å². The third-order valence-corrected chi connectivity index (χ3v) is 6.76. The third kappa shape index (κ3) is 5.32. The molecule has 0 aliphatic heterocycles. The van der Waals surface area contributed by atoms with Gasteiger partial charge in [-0.3, -0.25) is 4.68 Å². The first-order chi connectivity index (χ1) is 15.6. The van der Waals surface area contributed by atoms with Crippen molar-refractivity contribution in [2.75, 3.05) is 5.32 Å². The second-order valence-corrected chi connectivity index (χ2v) is 9.50. The standard InChI is InChI=1S/C25H27N5OS/c1-18(14-15-26)32-24-13-6-5-10-22(24)29-25(31)28-21-11-7-12-23-20(21)16-27-30(23)17-19-8-3-2-4-9-19/h2-6,8-10,13,16,18,21H,7,11-12,14,17H2,1H3,(H2,28,29,31). The average Bonchev–Trinajstić information content (AvgIpc) is 3.20. The van der Waals surface area contributed by atoms with Crippen LogP contribution in [0.25, 0.3) is 0 Å². The van der Waals surface area contributed by atoms with Gasteiger partial charge in [0.2, 0.25) is 0 Å². The van der Waals surface area contributed by atoms with E-state index in [9.17, 15) is 4.79 Å². The second-order valence-electron chi connectivity index (χ2n) is 8.02. The average molecular weight is 446 g/mol. The first-order valence-corrected chi connectivity index (χ1v) is 11.8. The van der Waals surface area contributed by atoms with Gasteiger partial charge in [0.1, 0.15) is 0 Å². The van der Waals surface area contributed by atoms with Gasteiger partial charge >= 0.3 is 6.03 Å². The molecule has 4 rings (SSSR count). The monoisotopic (exact) mass is 445 g/mol. The summed E-state index contributed by atoms with van der Waals surface area (Å²) >= 11 is 1.60. The van der Waals surface area contributed by atoms with Gasteiger partial charge in [-0.2, -0.15) is 10.4 Å². The molecule has 0 saturated heterocycles. The van der Waals surface area contributed by atoms with E-state index < -0.39 is 0 Å². The van der Waals surface area contributed by atoms with Crippen molar-refractivity contribution in [1.29, 1.82) is 5.26 Å². The van der Waals surface area contributed by atoms with Crippen LogP contribution in [0.3, 0.4) is 0 Å². The van der Waals surface area contributed by atoms with Crippen LogP contribution in [0.1, 0.15) is 49.0 Å². The number of nitrogens with one attached hydrogen (secondary N) is 2. The summed E-state index contributed by atoms with van der Waals surface area (Å²) in [7, 11) is 0. The molecule has 2 amide bonds. The summed E-state index contributed by atoms with van der Waals surface area (Å²) < 4.78 is 2.05. The Morgan fingerprint density at radius 3 is 2.84 bits per heavy atom. The zero-order valence-corrected chi connectivity index (χ0v) is 18.9. The van der Waals surface area contributed by atoms with Crippen LogP contribution in [0.15, 0.2) is 65.7 Å². The van der Waals surface area contributed by atoms with E-state index in [1.165, 1.54) is 11.3 Å². The molecule has 2 N–H and O–H groups in total. The largest absolute Gasteiger partial charge is 0.331 e. The predicted octanol–water partition coefficient (Wildman–Crippen LogP) is 5.52. The number of amides is 2. The minimum absolute atomic E-state index is 0.0550. The predicted molar refractivity (Wildman–Crippen MR) is 128 cm³/mol. The summed E-state index contributed by atoms with van der Waals surface area (Å²) in [5, 5.41) is 19.8. The van der Waals surface area contributed by atoms with Gasteiger partial charge < -0.3 is 10.6 Å². The number of para-hydroxylation sites is 1. The Kier molecular flexibility index (Phi) is 7.13. The smallest absolute Gasteiger partial charge is 0.319 e. The molecule has 1 heterocycles. The Morgan fingerprint density at radius 2 is 2.03 bits per heavy atom. The van der Waals surface area contributed by atoms with Gasteiger partial charge in [-0.05, 0) is 37.0 Å². The fourth-order valence-electron chi connectivity index (χ4n) is 4.04. The van der Waals surface area contributed by atoms with Crippen LogP contribution >= 0.6 is 11.8 Å². The van der Waals surface area contributed by atoms with Crippen LogP contribution in [-0.4, -0.2) is 21.1 Å². The molecule has 2 unspecified atom stereocenters. The summed E-state index contributed by atoms with van der Waals surface area (Å²) in [4.78, 5) is 13.8. The van der Waals surface area contributed by atoms with Gasteiger partial charge in [-0.15, -0.1) is 11.8 Å². The van der Waals surface area contributed by atoms with Crippen LogP contribution in [0.4, 0.5) is 10.5 Å². The highest BCUT2D eigenvalue weighted by atomic mass is 32.2. The zero-order valence-electron chi connectivity index (χ0n) is 18.1. The summed E-state index contributed by atoms with van der Waals surface area (Å²) in [5.41, 5.74) is 4.28. The lowest BCUT2D eigenvalue weighted by molar-refractivity contribution is 0.247. The first kappa shape index (κ1) is 22.0. The highest BCUT2D eigenvalue weighted by molar-refractivity contribution is 8.00. The number of rotatable bonds is 7. The molecular weight excluding hydrogens is 418 g/mol. The number of carbonyl (C=O) groups excluding carboxylic acids is 1. The maximum Gasteiger partial charge on any atom is 0.319 e. The molecule has 3 aromatic rings. The van der Waals surface area contributed by atoms with Crippen molar-refractivity contribution in [2.45, 2.75) is 55.3 Å². The lowest BCUT2D eigenvalue weighted by Gasteiger charge is -2.24. The van der Waals surface area contributed by atoms with Crippen LogP contribution in [0.5, 0.6) is 0 Å². The van der Waals surface area contributed by atoms with Gasteiger partial charge in [-0.25, -0.2) is 4.79 Å². The molecule has 0 fully saturated rings. The van der Waals surface area contributed by atoms with E-state index in [1.807, 2.05) is 55.6 Å². The number of hydrogen-bond donors (Lipinski definition) is 2. The van der Waals surface area contributed by atoms with E-state index in [4.69, 9.17) is 5.26 Å². The highest BCUT2D eigenvalue weighted by Gasteiger charge is 2.26. The maximum atomic E-state index is 12.8. The van der Waals surface area contributed by atoms with Gasteiger partial charge in [0, 0.05) is 27.8 Å². The van der Waals surface area contributed by atoms with Crippen molar-refractivity contribution in [3.05, 3.63) is 77.6 Å². The van der Waals surface area contributed by atoms with Crippen molar-refractivity contribution in [3.63, 3.8) is 0 Å². The normalized spacial score (nSPS) is 15.9. The van der Waals surface area contributed by atoms with Crippen LogP contribution in [0.2, 0.25) is 0 Å². The Hall–Kier alpha value is -3.24. The molecule has 1 aliphatic carbocycles. The number of nitrogens with zero attached hydrogens (tertiary/aromatic N) is 3. The van der Waals surface area contributed by atoms with Crippen LogP contribution in [-0.2, 0) is 13.0 Å². The zero-order chi connectivity index (χ0) is 22.3. The number of nitriles is 1. The maximum absolute atomic E-state index is 12.8. The number of aromatic nitrogens is 2. The van der Waals surface area contributed by atoms with Gasteiger partial charge in [0.05, 0.1) is 30.5 Å². The molecule has 6 nitrogen and oxygen atoms in total. The first-order valence-electron chi connectivity index (χ1n) is 10.9. The molecule has 7 heteroatoms. The fraction of sp³-hybridized carbons (Fsp3) is 0.320. The lowest BCUT2D eigenvalue weighted by atomic mass is 9.93. The quantitative estimate of drug-likeness (QED) is 0.469. The SMILES string of the molecule is CC(CC#N)Sc1ccccc1NC(=O)NC1CCCc2c1cnn2Cc1ccccc1. The van der Waals surface area contributed by atoms with E-state index in [2.05, 4.69) is 38.6 Å². The molecule has 164 valence electrons. The molecule has 0 spiro atoms. The minimum Gasteiger partial charge on any atom is -0.331 e. The van der Waals surface area contributed by atoms with E-state index in [0.717, 1.165) is 42.0 Å². The Balaban J connectivity index is 1.43. The van der Waals surface area contributed by atoms with E-state index in [0.29, 0.717) is 6.42 Å². The molecule has 0 saturated carbocycles. The Morgan fingerprint density at radius 1 is 1.25 bits per heavy atom. The fourth-order valence-corrected chi connectivity index (χ4v) is 5.03. The summed E-state index contributed by atoms with van der Waals surface area (Å²) in [6, 6.07) is 19.9. The van der Waals surface area contributed by atoms with Crippen molar-refractivity contribution in [2.24, 2.45) is 0 Å². The highest BCUT2D eigenvalue weighted by Crippen LogP contribution is 2.33. The number of anilines is 1. The van der Waals surface area contributed by atoms with Crippen molar-refractivity contribution >= 4 is 23.5 Å². The number of benzene rings is 2. The Labute approximate surface area is 193 Å². The number of thioether (sulfide) groups is 1. The van der Waals surface area contributed by atoms with Crippen LogP contribution in [0, 0.1) is 11.3 Å². The summed E-state index contributed by atoms with van der Waals surface area (Å²) in [6.07, 6.45) is 5.24. The number of hydrogen-bond acceptors (Lipinski definition) is 4. The molecule has 2 atom stereocenters. The number of fused-ring (bicyclic) bond motifs is 1. The molecule has 1 aliphatic rings. The van der Waals surface area contributed by atoms with Gasteiger partial charge in [0.15, 0.2) is 0 Å². The summed E-state index contributed by atoms with van der Waals surface area (Å²) in [6.45, 7) is 2.75. The van der Waals surface area contributed by atoms with Crippen molar-refractivity contribution in [3.8, 4) is 6.07 Å². The van der Waals surface area contributed by atoms with Crippen molar-refractivity contribution < 1.29 is 4.79 Å².